The van der Waals surface area contributed by atoms with Crippen LogP contribution in [0.2, 0.25) is 0 Å². The topological polar surface area (TPSA) is 59.8 Å². The molecule has 0 fully saturated rings. The van der Waals surface area contributed by atoms with E-state index in [9.17, 15) is 4.79 Å². The molecule has 0 bridgehead atoms. The summed E-state index contributed by atoms with van der Waals surface area (Å²) in [5.41, 5.74) is 5.16. The van der Waals surface area contributed by atoms with E-state index in [2.05, 4.69) is 10.3 Å². The lowest BCUT2D eigenvalue weighted by molar-refractivity contribution is 0.102. The molecule has 0 aliphatic carbocycles. The van der Waals surface area contributed by atoms with Gasteiger partial charge in [-0.15, -0.1) is 11.3 Å². The molecule has 0 unspecified atom stereocenters. The molecule has 31 heavy (non-hydrogen) atoms. The third kappa shape index (κ3) is 4.15. The average Bonchev–Trinajstić information content (AvgIpc) is 3.53. The first-order chi connectivity index (χ1) is 15.3. The lowest BCUT2D eigenvalue weighted by Gasteiger charge is -2.08. The highest BCUT2D eigenvalue weighted by Crippen LogP contribution is 2.29. The van der Waals surface area contributed by atoms with Gasteiger partial charge in [0, 0.05) is 58.2 Å². The first-order valence-corrected chi connectivity index (χ1v) is 10.7. The van der Waals surface area contributed by atoms with Gasteiger partial charge in [-0.05, 0) is 60.7 Å². The third-order valence-corrected chi connectivity index (χ3v) is 5.75. The van der Waals surface area contributed by atoms with Crippen molar-refractivity contribution in [2.24, 2.45) is 0 Å². The molecular weight excluding hydrogens is 404 g/mol. The second-order valence-electron chi connectivity index (χ2n) is 6.95. The molecule has 3 aromatic heterocycles. The van der Waals surface area contributed by atoms with E-state index in [1.165, 1.54) is 0 Å². The molecular formula is C25H18N4OS. The van der Waals surface area contributed by atoms with Crippen LogP contribution in [0.1, 0.15) is 10.4 Å². The second kappa shape index (κ2) is 8.38. The predicted molar refractivity (Wildman–Crippen MR) is 125 cm³/mol. The Morgan fingerprint density at radius 1 is 0.903 bits per heavy atom. The van der Waals surface area contributed by atoms with Crippen LogP contribution < -0.4 is 5.32 Å². The number of hydrogen-bond acceptors (Lipinski definition) is 4. The highest BCUT2D eigenvalue weighted by molar-refractivity contribution is 7.13. The Morgan fingerprint density at radius 3 is 2.48 bits per heavy atom. The number of carbonyl (C=O) groups excluding carboxylic acids is 1. The Labute approximate surface area is 183 Å². The molecule has 0 saturated carbocycles. The molecule has 0 spiro atoms. The van der Waals surface area contributed by atoms with Gasteiger partial charge in [-0.2, -0.15) is 0 Å². The van der Waals surface area contributed by atoms with E-state index in [4.69, 9.17) is 4.98 Å². The fraction of sp³-hybridized carbons (Fsp3) is 0. The van der Waals surface area contributed by atoms with E-state index in [1.807, 2.05) is 95.1 Å². The number of anilines is 1. The zero-order chi connectivity index (χ0) is 21.0. The fourth-order valence-corrected chi connectivity index (χ4v) is 4.10. The van der Waals surface area contributed by atoms with Crippen molar-refractivity contribution < 1.29 is 4.79 Å². The lowest BCUT2D eigenvalue weighted by atomic mass is 10.1. The zero-order valence-electron chi connectivity index (χ0n) is 16.5. The number of aromatic nitrogens is 3. The van der Waals surface area contributed by atoms with Gasteiger partial charge in [-0.25, -0.2) is 4.98 Å². The minimum Gasteiger partial charge on any atom is -0.324 e. The third-order valence-electron chi connectivity index (χ3n) is 4.86. The summed E-state index contributed by atoms with van der Waals surface area (Å²) in [7, 11) is 0. The maximum Gasteiger partial charge on any atom is 0.255 e. The normalized spacial score (nSPS) is 10.7. The molecule has 0 radical (unpaired) electrons. The summed E-state index contributed by atoms with van der Waals surface area (Å²) in [5, 5.41) is 5.92. The number of benzene rings is 2. The van der Waals surface area contributed by atoms with Gasteiger partial charge < -0.3 is 9.88 Å². The maximum absolute atomic E-state index is 12.7. The van der Waals surface area contributed by atoms with Gasteiger partial charge in [0.1, 0.15) is 5.01 Å². The fourth-order valence-electron chi connectivity index (χ4n) is 3.28. The summed E-state index contributed by atoms with van der Waals surface area (Å²) < 4.78 is 2.00. The quantitative estimate of drug-likeness (QED) is 0.383. The number of carbonyl (C=O) groups is 1. The molecule has 5 aromatic rings. The molecule has 2 aromatic carbocycles. The van der Waals surface area contributed by atoms with E-state index in [0.717, 1.165) is 33.2 Å². The first-order valence-electron chi connectivity index (χ1n) is 9.77. The van der Waals surface area contributed by atoms with Gasteiger partial charge >= 0.3 is 0 Å². The number of nitrogens with one attached hydrogen (secondary N) is 1. The summed E-state index contributed by atoms with van der Waals surface area (Å²) in [5.74, 6) is -0.148. The number of nitrogens with zero attached hydrogens (tertiary/aromatic N) is 3. The van der Waals surface area contributed by atoms with E-state index in [1.54, 1.807) is 23.7 Å². The summed E-state index contributed by atoms with van der Waals surface area (Å²) in [4.78, 5) is 21.6. The van der Waals surface area contributed by atoms with Crippen molar-refractivity contribution in [3.63, 3.8) is 0 Å². The molecule has 6 heteroatoms. The maximum atomic E-state index is 12.7. The van der Waals surface area contributed by atoms with Crippen LogP contribution >= 0.6 is 11.3 Å². The molecule has 150 valence electrons. The number of amides is 1. The van der Waals surface area contributed by atoms with E-state index < -0.39 is 0 Å². The van der Waals surface area contributed by atoms with Gasteiger partial charge in [0.15, 0.2) is 0 Å². The molecule has 0 aliphatic rings. The van der Waals surface area contributed by atoms with Crippen LogP contribution in [0.15, 0.2) is 103 Å². The Morgan fingerprint density at radius 2 is 1.71 bits per heavy atom. The smallest absolute Gasteiger partial charge is 0.255 e. The number of pyridine rings is 1. The van der Waals surface area contributed by atoms with Crippen LogP contribution in [0.3, 0.4) is 0 Å². The summed E-state index contributed by atoms with van der Waals surface area (Å²) in [6.45, 7) is 0. The van der Waals surface area contributed by atoms with Crippen molar-refractivity contribution in [2.45, 2.75) is 0 Å². The van der Waals surface area contributed by atoms with Crippen LogP contribution in [0.25, 0.3) is 27.5 Å². The van der Waals surface area contributed by atoms with Crippen LogP contribution in [0.5, 0.6) is 0 Å². The molecule has 1 N–H and O–H groups in total. The van der Waals surface area contributed by atoms with Gasteiger partial charge in [-0.3, -0.25) is 9.78 Å². The van der Waals surface area contributed by atoms with E-state index in [0.29, 0.717) is 5.56 Å². The van der Waals surface area contributed by atoms with Crippen LogP contribution in [-0.4, -0.2) is 20.4 Å². The largest absolute Gasteiger partial charge is 0.324 e. The zero-order valence-corrected chi connectivity index (χ0v) is 17.3. The van der Waals surface area contributed by atoms with Crippen molar-refractivity contribution >= 4 is 22.9 Å². The lowest BCUT2D eigenvalue weighted by Crippen LogP contribution is -2.11. The Bertz CT molecular complexity index is 1310. The standard InChI is InChI=1S/C25H18N4OS/c30-24(18-8-10-22(11-9-18)29-13-1-2-14-29)27-21-7-3-5-19(15-21)23-17-31-25(28-23)20-6-4-12-26-16-20/h1-17H,(H,27,30). The van der Waals surface area contributed by atoms with Crippen molar-refractivity contribution in [1.82, 2.24) is 14.5 Å². The van der Waals surface area contributed by atoms with Gasteiger partial charge in [-0.1, -0.05) is 12.1 Å². The number of thiazole rings is 1. The van der Waals surface area contributed by atoms with Crippen LogP contribution in [-0.2, 0) is 0 Å². The summed E-state index contributed by atoms with van der Waals surface area (Å²) >= 11 is 1.57. The molecule has 1 amide bonds. The molecule has 0 atom stereocenters. The minimum absolute atomic E-state index is 0.148. The summed E-state index contributed by atoms with van der Waals surface area (Å²) in [6, 6.07) is 23.1. The monoisotopic (exact) mass is 422 g/mol. The van der Waals surface area contributed by atoms with E-state index in [-0.39, 0.29) is 5.91 Å². The Balaban J connectivity index is 1.32. The van der Waals surface area contributed by atoms with Crippen molar-refractivity contribution in [1.29, 1.82) is 0 Å². The average molecular weight is 423 g/mol. The predicted octanol–water partition coefficient (Wildman–Crippen LogP) is 5.92. The first kappa shape index (κ1) is 19.0. The van der Waals surface area contributed by atoms with Crippen molar-refractivity contribution in [2.75, 3.05) is 5.32 Å². The van der Waals surface area contributed by atoms with E-state index >= 15 is 0 Å². The van der Waals surface area contributed by atoms with Crippen molar-refractivity contribution in [3.8, 4) is 27.5 Å². The SMILES string of the molecule is O=C(Nc1cccc(-c2csc(-c3cccnc3)n2)c1)c1ccc(-n2cccc2)cc1. The minimum atomic E-state index is -0.148. The Hall–Kier alpha value is -4.03. The van der Waals surface area contributed by atoms with Gasteiger partial charge in [0.05, 0.1) is 5.69 Å². The second-order valence-corrected chi connectivity index (χ2v) is 7.81. The molecule has 5 nitrogen and oxygen atoms in total. The van der Waals surface area contributed by atoms with Crippen molar-refractivity contribution in [3.05, 3.63) is 109 Å². The Kier molecular flexibility index (Phi) is 5.12. The highest BCUT2D eigenvalue weighted by atomic mass is 32.1. The molecule has 0 aliphatic heterocycles. The number of hydrogen-bond donors (Lipinski definition) is 1. The summed E-state index contributed by atoms with van der Waals surface area (Å²) in [6.07, 6.45) is 7.50. The molecule has 5 rings (SSSR count). The van der Waals surface area contributed by atoms with Crippen LogP contribution in [0.4, 0.5) is 5.69 Å². The molecule has 3 heterocycles. The highest BCUT2D eigenvalue weighted by Gasteiger charge is 2.10. The van der Waals surface area contributed by atoms with Gasteiger partial charge in [0.25, 0.3) is 5.91 Å². The molecule has 0 saturated heterocycles. The van der Waals surface area contributed by atoms with Crippen LogP contribution in [0, 0.1) is 0 Å². The number of rotatable bonds is 5. The van der Waals surface area contributed by atoms with Gasteiger partial charge in [0.2, 0.25) is 0 Å².